The van der Waals surface area contributed by atoms with Crippen LogP contribution in [0.15, 0.2) is 0 Å². The Labute approximate surface area is 74.9 Å². The van der Waals surface area contributed by atoms with Gasteiger partial charge in [0.1, 0.15) is 5.78 Å². The van der Waals surface area contributed by atoms with Crippen LogP contribution in [-0.4, -0.2) is 29.8 Å². The summed E-state index contributed by atoms with van der Waals surface area (Å²) in [6.45, 7) is 6.45. The van der Waals surface area contributed by atoms with E-state index in [0.29, 0.717) is 11.8 Å². The minimum absolute atomic E-state index is 0.440. The van der Waals surface area contributed by atoms with Crippen molar-refractivity contribution in [1.29, 1.82) is 0 Å². The molecule has 0 N–H and O–H groups in total. The van der Waals surface area contributed by atoms with Gasteiger partial charge in [0.05, 0.1) is 0 Å². The van der Waals surface area contributed by atoms with Crippen LogP contribution in [0.3, 0.4) is 0 Å². The summed E-state index contributed by atoms with van der Waals surface area (Å²) in [4.78, 5) is 13.4. The quantitative estimate of drug-likeness (QED) is 0.642. The van der Waals surface area contributed by atoms with Crippen LogP contribution in [-0.2, 0) is 4.79 Å². The fraction of sp³-hybridized carbons (Fsp3) is 0.900. The number of hydrogen-bond acceptors (Lipinski definition) is 2. The number of carbonyl (C=O) groups excluding carboxylic acids is 1. The normalized spacial score (nSPS) is 22.7. The average Bonchev–Trinajstić information content (AvgIpc) is 2.06. The lowest BCUT2D eigenvalue weighted by molar-refractivity contribution is -0.121. The van der Waals surface area contributed by atoms with E-state index in [4.69, 9.17) is 0 Å². The number of likely N-dealkylation sites (tertiary alicyclic amines) is 1. The predicted octanol–water partition coefficient (Wildman–Crippen LogP) is 1.84. The second-order valence-corrected chi connectivity index (χ2v) is 3.71. The van der Waals surface area contributed by atoms with Crippen LogP contribution in [0.2, 0.25) is 0 Å². The van der Waals surface area contributed by atoms with Crippen LogP contribution >= 0.6 is 0 Å². The third kappa shape index (κ3) is 2.59. The van der Waals surface area contributed by atoms with Crippen molar-refractivity contribution in [2.75, 3.05) is 13.1 Å². The van der Waals surface area contributed by atoms with E-state index in [0.717, 1.165) is 25.9 Å². The van der Waals surface area contributed by atoms with Gasteiger partial charge in [0.15, 0.2) is 0 Å². The Kier molecular flexibility index (Phi) is 3.73. The van der Waals surface area contributed by atoms with Crippen LogP contribution in [0.25, 0.3) is 0 Å². The molecule has 1 atom stereocenters. The number of rotatable bonds is 3. The van der Waals surface area contributed by atoms with E-state index < -0.39 is 0 Å². The van der Waals surface area contributed by atoms with Gasteiger partial charge in [-0.2, -0.15) is 0 Å². The molecule has 0 aromatic heterocycles. The van der Waals surface area contributed by atoms with E-state index in [2.05, 4.69) is 18.7 Å². The van der Waals surface area contributed by atoms with E-state index in [1.165, 1.54) is 12.8 Å². The second-order valence-electron chi connectivity index (χ2n) is 3.71. The van der Waals surface area contributed by atoms with E-state index in [9.17, 15) is 4.79 Å². The summed E-state index contributed by atoms with van der Waals surface area (Å²) < 4.78 is 0. The minimum Gasteiger partial charge on any atom is -0.300 e. The molecule has 0 aromatic rings. The Morgan fingerprint density at radius 3 is 2.50 bits per heavy atom. The monoisotopic (exact) mass is 169 g/mol. The first-order chi connectivity index (χ1) is 5.74. The van der Waals surface area contributed by atoms with Crippen LogP contribution < -0.4 is 0 Å². The highest BCUT2D eigenvalue weighted by Gasteiger charge is 2.19. The Bertz CT molecular complexity index is 146. The van der Waals surface area contributed by atoms with Gasteiger partial charge >= 0.3 is 0 Å². The number of hydrogen-bond donors (Lipinski definition) is 0. The van der Waals surface area contributed by atoms with Gasteiger partial charge in [-0.25, -0.2) is 0 Å². The van der Waals surface area contributed by atoms with Crippen molar-refractivity contribution in [1.82, 2.24) is 4.90 Å². The molecule has 0 spiro atoms. The van der Waals surface area contributed by atoms with Crippen molar-refractivity contribution >= 4 is 5.78 Å². The molecule has 1 aliphatic heterocycles. The number of nitrogens with zero attached hydrogens (tertiary/aromatic N) is 1. The Hall–Kier alpha value is -0.370. The molecule has 1 saturated heterocycles. The number of carbonyl (C=O) groups is 1. The average molecular weight is 169 g/mol. The van der Waals surface area contributed by atoms with E-state index in [1.807, 2.05) is 0 Å². The Morgan fingerprint density at radius 2 is 2.00 bits per heavy atom. The lowest BCUT2D eigenvalue weighted by atomic mass is 10.1. The predicted molar refractivity (Wildman–Crippen MR) is 50.2 cm³/mol. The highest BCUT2D eigenvalue weighted by molar-refractivity contribution is 5.79. The largest absolute Gasteiger partial charge is 0.300 e. The first-order valence-corrected chi connectivity index (χ1v) is 4.99. The highest BCUT2D eigenvalue weighted by Crippen LogP contribution is 2.12. The van der Waals surface area contributed by atoms with Crippen molar-refractivity contribution in [2.45, 2.75) is 45.6 Å². The Balaban J connectivity index is 2.28. The number of piperidine rings is 1. The topological polar surface area (TPSA) is 20.3 Å². The van der Waals surface area contributed by atoms with E-state index in [1.54, 1.807) is 0 Å². The van der Waals surface area contributed by atoms with Crippen molar-refractivity contribution < 1.29 is 4.79 Å². The third-order valence-corrected chi connectivity index (χ3v) is 2.69. The van der Waals surface area contributed by atoms with Crippen molar-refractivity contribution in [3.05, 3.63) is 0 Å². The molecule has 0 amide bonds. The summed E-state index contributed by atoms with van der Waals surface area (Å²) in [6, 6.07) is 0.670. The van der Waals surface area contributed by atoms with Gasteiger partial charge in [0.25, 0.3) is 0 Å². The SMILES string of the molecule is CCCC(C)N1CCC(=O)CC1. The summed E-state index contributed by atoms with van der Waals surface area (Å²) >= 11 is 0. The molecule has 0 aliphatic carbocycles. The summed E-state index contributed by atoms with van der Waals surface area (Å²) in [5, 5.41) is 0. The van der Waals surface area contributed by atoms with Crippen LogP contribution in [0.5, 0.6) is 0 Å². The number of ketones is 1. The Morgan fingerprint density at radius 1 is 1.42 bits per heavy atom. The molecule has 70 valence electrons. The van der Waals surface area contributed by atoms with Gasteiger partial charge in [0.2, 0.25) is 0 Å². The lowest BCUT2D eigenvalue weighted by Gasteiger charge is -2.31. The van der Waals surface area contributed by atoms with Crippen molar-refractivity contribution in [3.8, 4) is 0 Å². The first kappa shape index (κ1) is 9.72. The van der Waals surface area contributed by atoms with Crippen LogP contribution in [0.4, 0.5) is 0 Å². The summed E-state index contributed by atoms with van der Waals surface area (Å²) in [6.07, 6.45) is 4.04. The lowest BCUT2D eigenvalue weighted by Crippen LogP contribution is -2.39. The number of Topliss-reactive ketones (excluding diaryl/α,β-unsaturated/α-hetero) is 1. The molecule has 0 aromatic carbocycles. The van der Waals surface area contributed by atoms with Gasteiger partial charge in [0, 0.05) is 32.0 Å². The maximum absolute atomic E-state index is 11.0. The highest BCUT2D eigenvalue weighted by atomic mass is 16.1. The molecule has 1 heterocycles. The van der Waals surface area contributed by atoms with Gasteiger partial charge < -0.3 is 0 Å². The molecule has 0 saturated carbocycles. The maximum Gasteiger partial charge on any atom is 0.135 e. The molecule has 2 heteroatoms. The smallest absolute Gasteiger partial charge is 0.135 e. The zero-order chi connectivity index (χ0) is 8.97. The molecule has 1 rings (SSSR count). The van der Waals surface area contributed by atoms with Gasteiger partial charge in [-0.05, 0) is 13.3 Å². The van der Waals surface area contributed by atoms with Gasteiger partial charge in [-0.3, -0.25) is 9.69 Å². The fourth-order valence-corrected chi connectivity index (χ4v) is 1.81. The summed E-state index contributed by atoms with van der Waals surface area (Å²) in [5.74, 6) is 0.440. The van der Waals surface area contributed by atoms with E-state index in [-0.39, 0.29) is 0 Å². The first-order valence-electron chi connectivity index (χ1n) is 4.99. The molecule has 1 aliphatic rings. The summed E-state index contributed by atoms with van der Waals surface area (Å²) in [5.41, 5.74) is 0. The molecule has 1 fully saturated rings. The molecule has 0 radical (unpaired) electrons. The maximum atomic E-state index is 11.0. The minimum atomic E-state index is 0.440. The van der Waals surface area contributed by atoms with Crippen LogP contribution in [0, 0.1) is 0 Å². The van der Waals surface area contributed by atoms with Gasteiger partial charge in [-0.15, -0.1) is 0 Å². The third-order valence-electron chi connectivity index (χ3n) is 2.69. The fourth-order valence-electron chi connectivity index (χ4n) is 1.81. The standard InChI is InChI=1S/C10H19NO/c1-3-4-9(2)11-7-5-10(12)6-8-11/h9H,3-8H2,1-2H3. The zero-order valence-electron chi connectivity index (χ0n) is 8.18. The van der Waals surface area contributed by atoms with Crippen molar-refractivity contribution in [2.24, 2.45) is 0 Å². The van der Waals surface area contributed by atoms with Crippen molar-refractivity contribution in [3.63, 3.8) is 0 Å². The van der Waals surface area contributed by atoms with Gasteiger partial charge in [-0.1, -0.05) is 13.3 Å². The second kappa shape index (κ2) is 4.61. The molecule has 1 unspecified atom stereocenters. The summed E-state index contributed by atoms with van der Waals surface area (Å²) in [7, 11) is 0. The zero-order valence-corrected chi connectivity index (χ0v) is 8.18. The molecular formula is C10H19NO. The molecular weight excluding hydrogens is 150 g/mol. The van der Waals surface area contributed by atoms with E-state index >= 15 is 0 Å². The molecule has 2 nitrogen and oxygen atoms in total. The van der Waals surface area contributed by atoms with Crippen LogP contribution in [0.1, 0.15) is 39.5 Å². The molecule has 0 bridgehead atoms. The molecule has 12 heavy (non-hydrogen) atoms.